The summed E-state index contributed by atoms with van der Waals surface area (Å²) in [6.45, 7) is 8.71. The lowest BCUT2D eigenvalue weighted by atomic mass is 10.2. The van der Waals surface area contributed by atoms with Crippen LogP contribution in [0.4, 0.5) is 13.2 Å². The van der Waals surface area contributed by atoms with Gasteiger partial charge in [0.05, 0.1) is 9.04 Å². The lowest BCUT2D eigenvalue weighted by Gasteiger charge is -2.15. The molecule has 2 aromatic rings. The Morgan fingerprint density at radius 2 is 1.85 bits per heavy atom. The lowest BCUT2D eigenvalue weighted by Crippen LogP contribution is -2.39. The third kappa shape index (κ3) is 3.66. The largest absolute Gasteiger partial charge is 0.573 e. The molecule has 2 radical (unpaired) electrons. The summed E-state index contributed by atoms with van der Waals surface area (Å²) in [5.41, 5.74) is 1.89. The zero-order valence-electron chi connectivity index (χ0n) is 11.8. The molecule has 1 heterocycles. The Hall–Kier alpha value is -1.22. The van der Waals surface area contributed by atoms with Gasteiger partial charge in [0.15, 0.2) is 0 Å². The molecular formula is C13H16F3NOSi2. The van der Waals surface area contributed by atoms with Crippen LogP contribution in [0, 0.1) is 6.92 Å². The van der Waals surface area contributed by atoms with Crippen LogP contribution in [0.3, 0.4) is 0 Å². The number of benzene rings is 1. The van der Waals surface area contributed by atoms with Crippen LogP contribution in [0.5, 0.6) is 5.75 Å². The summed E-state index contributed by atoms with van der Waals surface area (Å²) in [6.07, 6.45) is -4.65. The first kappa shape index (κ1) is 15.2. The molecule has 1 aromatic heterocycles. The van der Waals surface area contributed by atoms with Gasteiger partial charge in [-0.25, -0.2) is 0 Å². The van der Waals surface area contributed by atoms with E-state index in [-0.39, 0.29) is 5.75 Å². The fourth-order valence-electron chi connectivity index (χ4n) is 2.04. The monoisotopic (exact) mass is 315 g/mol. The van der Waals surface area contributed by atoms with Crippen molar-refractivity contribution in [1.29, 1.82) is 0 Å². The van der Waals surface area contributed by atoms with Crippen molar-refractivity contribution in [3.05, 3.63) is 23.9 Å². The van der Waals surface area contributed by atoms with E-state index in [0.29, 0.717) is 9.04 Å². The van der Waals surface area contributed by atoms with E-state index in [4.69, 9.17) is 0 Å². The molecule has 0 spiro atoms. The van der Waals surface area contributed by atoms with Crippen molar-refractivity contribution >= 4 is 32.7 Å². The maximum absolute atomic E-state index is 12.3. The quantitative estimate of drug-likeness (QED) is 0.861. The number of hydrogen-bond donors (Lipinski definition) is 1. The molecule has 0 aliphatic rings. The van der Waals surface area contributed by atoms with Gasteiger partial charge >= 0.3 is 6.36 Å². The molecule has 0 atom stereocenters. The molecular weight excluding hydrogens is 299 g/mol. The first-order valence-corrected chi connectivity index (χ1v) is 11.7. The smallest absolute Gasteiger partial charge is 0.406 e. The van der Waals surface area contributed by atoms with Gasteiger partial charge in [-0.2, -0.15) is 0 Å². The average Bonchev–Trinajstić information content (AvgIpc) is 2.52. The SMILES string of the molecule is Cc1[nH]c2ccc(OC(F)(F)F)cc2c1[Si][Si](C)(C)C. The van der Waals surface area contributed by atoms with Gasteiger partial charge in [-0.15, -0.1) is 13.2 Å². The minimum atomic E-state index is -4.65. The van der Waals surface area contributed by atoms with Gasteiger partial charge in [-0.1, -0.05) is 19.6 Å². The van der Waals surface area contributed by atoms with Crippen LogP contribution >= 0.6 is 0 Å². The molecule has 7 heteroatoms. The number of aromatic amines is 1. The molecule has 0 saturated heterocycles. The van der Waals surface area contributed by atoms with Crippen molar-refractivity contribution in [2.75, 3.05) is 0 Å². The second-order valence-corrected chi connectivity index (χ2v) is 16.3. The van der Waals surface area contributed by atoms with Crippen LogP contribution < -0.4 is 9.92 Å². The number of halogens is 3. The van der Waals surface area contributed by atoms with E-state index in [0.717, 1.165) is 21.8 Å². The number of aromatic nitrogens is 1. The van der Waals surface area contributed by atoms with E-state index in [9.17, 15) is 13.2 Å². The molecule has 1 N–H and O–H groups in total. The second kappa shape index (κ2) is 4.96. The molecule has 108 valence electrons. The molecule has 0 unspecified atom stereocenters. The van der Waals surface area contributed by atoms with Crippen LogP contribution in [0.25, 0.3) is 10.9 Å². The molecule has 1 aromatic carbocycles. The number of fused-ring (bicyclic) bond motifs is 1. The number of aryl methyl sites for hydroxylation is 1. The van der Waals surface area contributed by atoms with Crippen molar-refractivity contribution in [3.63, 3.8) is 0 Å². The van der Waals surface area contributed by atoms with Crippen LogP contribution in [-0.2, 0) is 0 Å². The molecule has 2 nitrogen and oxygen atoms in total. The third-order valence-electron chi connectivity index (χ3n) is 2.69. The van der Waals surface area contributed by atoms with Crippen molar-refractivity contribution in [3.8, 4) is 5.75 Å². The van der Waals surface area contributed by atoms with Crippen LogP contribution in [0.2, 0.25) is 19.6 Å². The Labute approximate surface area is 119 Å². The van der Waals surface area contributed by atoms with Crippen molar-refractivity contribution in [2.45, 2.75) is 32.9 Å². The van der Waals surface area contributed by atoms with Gasteiger partial charge in [-0.3, -0.25) is 0 Å². The van der Waals surface area contributed by atoms with Gasteiger partial charge in [0.2, 0.25) is 0 Å². The van der Waals surface area contributed by atoms with Gasteiger partial charge in [0, 0.05) is 24.2 Å². The van der Waals surface area contributed by atoms with Gasteiger partial charge < -0.3 is 9.72 Å². The summed E-state index contributed by atoms with van der Waals surface area (Å²) in [7, 11) is -0.684. The zero-order chi connectivity index (χ0) is 15.1. The number of nitrogens with one attached hydrogen (secondary N) is 1. The fourth-order valence-corrected chi connectivity index (χ4v) is 6.60. The van der Waals surface area contributed by atoms with E-state index >= 15 is 0 Å². The van der Waals surface area contributed by atoms with Gasteiger partial charge in [0.1, 0.15) is 5.75 Å². The number of H-pyrrole nitrogens is 1. The standard InChI is InChI=1S/C13H16F3NOSi2/c1-8-12(19-20(2,3)4)10-7-9(18-13(14,15)16)5-6-11(10)17-8/h5-7,17H,1-4H3. The molecule has 0 amide bonds. The van der Waals surface area contributed by atoms with E-state index < -0.39 is 14.0 Å². The highest BCUT2D eigenvalue weighted by molar-refractivity contribution is 7.28. The van der Waals surface area contributed by atoms with E-state index in [1.54, 1.807) is 6.07 Å². The first-order valence-electron chi connectivity index (χ1n) is 6.21. The summed E-state index contributed by atoms with van der Waals surface area (Å²) >= 11 is 0. The number of hydrogen-bond acceptors (Lipinski definition) is 1. The van der Waals surface area contributed by atoms with Gasteiger partial charge in [-0.05, 0) is 30.3 Å². The maximum Gasteiger partial charge on any atom is 0.573 e. The van der Waals surface area contributed by atoms with Gasteiger partial charge in [0.25, 0.3) is 0 Å². The number of ether oxygens (including phenoxy) is 1. The summed E-state index contributed by atoms with van der Waals surface area (Å²) in [6, 6.07) is 4.46. The highest BCUT2D eigenvalue weighted by Crippen LogP contribution is 2.26. The Morgan fingerprint density at radius 3 is 2.40 bits per heavy atom. The van der Waals surface area contributed by atoms with Crippen molar-refractivity contribution in [2.24, 2.45) is 0 Å². The molecule has 0 fully saturated rings. The molecule has 0 saturated carbocycles. The molecule has 0 bridgehead atoms. The predicted molar refractivity (Wildman–Crippen MR) is 78.5 cm³/mol. The minimum Gasteiger partial charge on any atom is -0.406 e. The van der Waals surface area contributed by atoms with Crippen LogP contribution in [0.15, 0.2) is 18.2 Å². The number of rotatable bonds is 3. The highest BCUT2D eigenvalue weighted by Gasteiger charge is 2.31. The second-order valence-electron chi connectivity index (χ2n) is 5.76. The van der Waals surface area contributed by atoms with E-state index in [2.05, 4.69) is 29.4 Å². The Bertz CT molecular complexity index is 629. The summed E-state index contributed by atoms with van der Waals surface area (Å²) in [5.74, 6) is -0.161. The molecule has 0 aliphatic carbocycles. The predicted octanol–water partition coefficient (Wildman–Crippen LogP) is 3.54. The Balaban J connectivity index is 2.47. The van der Waals surface area contributed by atoms with E-state index in [1.807, 2.05) is 6.92 Å². The summed E-state index contributed by atoms with van der Waals surface area (Å²) in [4.78, 5) is 3.23. The maximum atomic E-state index is 12.3. The van der Waals surface area contributed by atoms with E-state index in [1.165, 1.54) is 12.1 Å². The normalized spacial score (nSPS) is 12.9. The first-order chi connectivity index (χ1) is 9.05. The lowest BCUT2D eigenvalue weighted by molar-refractivity contribution is -0.274. The summed E-state index contributed by atoms with van der Waals surface area (Å²) in [5, 5.41) is 1.97. The minimum absolute atomic E-state index is 0.161. The van der Waals surface area contributed by atoms with Crippen molar-refractivity contribution in [1.82, 2.24) is 4.98 Å². The van der Waals surface area contributed by atoms with Crippen LogP contribution in [0.1, 0.15) is 5.69 Å². The Kier molecular flexibility index (Phi) is 3.76. The molecule has 0 aliphatic heterocycles. The highest BCUT2D eigenvalue weighted by atomic mass is 29.2. The Morgan fingerprint density at radius 1 is 1.20 bits per heavy atom. The molecule has 20 heavy (non-hydrogen) atoms. The van der Waals surface area contributed by atoms with Crippen LogP contribution in [-0.4, -0.2) is 28.0 Å². The topological polar surface area (TPSA) is 25.0 Å². The fraction of sp³-hybridized carbons (Fsp3) is 0.385. The number of alkyl halides is 3. The van der Waals surface area contributed by atoms with Crippen molar-refractivity contribution < 1.29 is 17.9 Å². The molecule has 2 rings (SSSR count). The average molecular weight is 315 g/mol. The third-order valence-corrected chi connectivity index (χ3v) is 7.34. The summed E-state index contributed by atoms with van der Waals surface area (Å²) < 4.78 is 40.9. The zero-order valence-corrected chi connectivity index (χ0v) is 13.8.